The van der Waals surface area contributed by atoms with Crippen molar-refractivity contribution in [3.05, 3.63) is 47.4 Å². The molecule has 130 valence electrons. The SMILES string of the molecule is Cc1nn(C)c(F)c1/C=N/Nc1nc(-c2ccco2)cc(C(F)F)n1. The zero-order chi connectivity index (χ0) is 18.0. The van der Waals surface area contributed by atoms with Crippen LogP contribution in [0.4, 0.5) is 19.1 Å². The van der Waals surface area contributed by atoms with E-state index in [4.69, 9.17) is 4.42 Å². The number of aryl methyl sites for hydroxylation is 2. The van der Waals surface area contributed by atoms with Gasteiger partial charge in [0.1, 0.15) is 11.4 Å². The third-order valence-corrected chi connectivity index (χ3v) is 3.30. The summed E-state index contributed by atoms with van der Waals surface area (Å²) in [5.74, 6) is -0.422. The molecule has 3 aromatic rings. The van der Waals surface area contributed by atoms with E-state index in [2.05, 4.69) is 25.6 Å². The van der Waals surface area contributed by atoms with E-state index in [0.29, 0.717) is 11.5 Å². The first-order valence-corrected chi connectivity index (χ1v) is 7.15. The fourth-order valence-electron chi connectivity index (χ4n) is 2.13. The molecule has 3 rings (SSSR count). The number of hydrazone groups is 1. The van der Waals surface area contributed by atoms with Crippen LogP contribution in [0.5, 0.6) is 0 Å². The number of nitrogens with zero attached hydrogens (tertiary/aromatic N) is 5. The van der Waals surface area contributed by atoms with Gasteiger partial charge in [-0.05, 0) is 25.1 Å². The summed E-state index contributed by atoms with van der Waals surface area (Å²) in [7, 11) is 1.46. The zero-order valence-electron chi connectivity index (χ0n) is 13.2. The van der Waals surface area contributed by atoms with Crippen molar-refractivity contribution < 1.29 is 17.6 Å². The number of rotatable bonds is 5. The molecule has 7 nitrogen and oxygen atoms in total. The Morgan fingerprint density at radius 2 is 2.16 bits per heavy atom. The van der Waals surface area contributed by atoms with E-state index in [1.54, 1.807) is 19.1 Å². The molecule has 0 amide bonds. The van der Waals surface area contributed by atoms with Gasteiger partial charge in [0, 0.05) is 7.05 Å². The number of hydrogen-bond acceptors (Lipinski definition) is 6. The van der Waals surface area contributed by atoms with Gasteiger partial charge in [0.15, 0.2) is 5.76 Å². The van der Waals surface area contributed by atoms with Crippen LogP contribution in [0.15, 0.2) is 34.0 Å². The summed E-state index contributed by atoms with van der Waals surface area (Å²) in [5.41, 5.74) is 2.72. The Kier molecular flexibility index (Phi) is 4.50. The van der Waals surface area contributed by atoms with Gasteiger partial charge in [-0.2, -0.15) is 14.6 Å². The van der Waals surface area contributed by atoms with Crippen molar-refractivity contribution in [3.63, 3.8) is 0 Å². The summed E-state index contributed by atoms with van der Waals surface area (Å²) < 4.78 is 46.1. The van der Waals surface area contributed by atoms with Gasteiger partial charge in [-0.3, -0.25) is 0 Å². The lowest BCUT2D eigenvalue weighted by atomic mass is 10.2. The summed E-state index contributed by atoms with van der Waals surface area (Å²) in [5, 5.41) is 7.70. The smallest absolute Gasteiger partial charge is 0.280 e. The van der Waals surface area contributed by atoms with Crippen LogP contribution in [0.1, 0.15) is 23.4 Å². The molecule has 0 radical (unpaired) electrons. The minimum Gasteiger partial charge on any atom is -0.463 e. The first-order valence-electron chi connectivity index (χ1n) is 7.15. The van der Waals surface area contributed by atoms with Crippen molar-refractivity contribution in [2.75, 3.05) is 5.43 Å². The third-order valence-electron chi connectivity index (χ3n) is 3.30. The summed E-state index contributed by atoms with van der Waals surface area (Å²) in [4.78, 5) is 7.74. The largest absolute Gasteiger partial charge is 0.463 e. The van der Waals surface area contributed by atoms with E-state index in [0.717, 1.165) is 10.7 Å². The van der Waals surface area contributed by atoms with Crippen molar-refractivity contribution >= 4 is 12.2 Å². The standard InChI is InChI=1S/C15H13F3N6O/c1-8-9(14(18)24(2)23-8)7-19-22-15-20-10(12-4-3-5-25-12)6-11(21-15)13(16)17/h3-7,13H,1-2H3,(H,20,21,22)/b19-7+. The highest BCUT2D eigenvalue weighted by Gasteiger charge is 2.15. The monoisotopic (exact) mass is 350 g/mol. The van der Waals surface area contributed by atoms with Crippen molar-refractivity contribution in [2.45, 2.75) is 13.3 Å². The number of furan rings is 1. The van der Waals surface area contributed by atoms with Crippen LogP contribution in [-0.4, -0.2) is 26.0 Å². The molecule has 0 aliphatic rings. The molecule has 0 bridgehead atoms. The number of anilines is 1. The van der Waals surface area contributed by atoms with Crippen molar-refractivity contribution in [2.24, 2.45) is 12.1 Å². The molecule has 1 N–H and O–H groups in total. The predicted molar refractivity (Wildman–Crippen MR) is 83.8 cm³/mol. The maximum Gasteiger partial charge on any atom is 0.280 e. The number of hydrogen-bond donors (Lipinski definition) is 1. The predicted octanol–water partition coefficient (Wildman–Crippen LogP) is 3.30. The molecule has 0 aliphatic heterocycles. The van der Waals surface area contributed by atoms with E-state index in [-0.39, 0.29) is 17.2 Å². The summed E-state index contributed by atoms with van der Waals surface area (Å²) in [6.07, 6.45) is -0.208. The summed E-state index contributed by atoms with van der Waals surface area (Å²) in [6, 6.07) is 4.32. The second-order valence-electron chi connectivity index (χ2n) is 5.06. The minimum atomic E-state index is -2.79. The van der Waals surface area contributed by atoms with Crippen LogP contribution in [0.3, 0.4) is 0 Å². The molecular formula is C15H13F3N6O. The topological polar surface area (TPSA) is 81.1 Å². The molecule has 25 heavy (non-hydrogen) atoms. The molecule has 0 atom stereocenters. The Balaban J connectivity index is 1.88. The molecule has 0 saturated carbocycles. The number of nitrogens with one attached hydrogen (secondary N) is 1. The van der Waals surface area contributed by atoms with Gasteiger partial charge in [0.25, 0.3) is 6.43 Å². The maximum absolute atomic E-state index is 13.8. The lowest BCUT2D eigenvalue weighted by Crippen LogP contribution is -2.02. The Bertz CT molecular complexity index is 904. The van der Waals surface area contributed by atoms with Crippen molar-refractivity contribution in [3.8, 4) is 11.5 Å². The van der Waals surface area contributed by atoms with E-state index in [1.807, 2.05) is 0 Å². The van der Waals surface area contributed by atoms with Crippen LogP contribution in [0, 0.1) is 12.9 Å². The van der Waals surface area contributed by atoms with Gasteiger partial charge >= 0.3 is 0 Å². The average molecular weight is 350 g/mol. The zero-order valence-corrected chi connectivity index (χ0v) is 13.2. The lowest BCUT2D eigenvalue weighted by molar-refractivity contribution is 0.146. The van der Waals surface area contributed by atoms with E-state index >= 15 is 0 Å². The van der Waals surface area contributed by atoms with Crippen LogP contribution in [0.25, 0.3) is 11.5 Å². The van der Waals surface area contributed by atoms with Gasteiger partial charge in [-0.1, -0.05) is 0 Å². The van der Waals surface area contributed by atoms with Gasteiger partial charge in [0.05, 0.1) is 23.7 Å². The molecule has 0 fully saturated rings. The Hall–Kier alpha value is -3.17. The lowest BCUT2D eigenvalue weighted by Gasteiger charge is -2.05. The normalized spacial score (nSPS) is 11.6. The Labute approximate surface area is 140 Å². The van der Waals surface area contributed by atoms with Crippen molar-refractivity contribution in [1.29, 1.82) is 0 Å². The van der Waals surface area contributed by atoms with Crippen LogP contribution in [-0.2, 0) is 7.05 Å². The molecule has 0 aromatic carbocycles. The van der Waals surface area contributed by atoms with Crippen molar-refractivity contribution in [1.82, 2.24) is 19.7 Å². The van der Waals surface area contributed by atoms with Crippen LogP contribution >= 0.6 is 0 Å². The summed E-state index contributed by atoms with van der Waals surface area (Å²) >= 11 is 0. The molecule has 3 aromatic heterocycles. The molecule has 0 aliphatic carbocycles. The van der Waals surface area contributed by atoms with E-state index in [9.17, 15) is 13.2 Å². The van der Waals surface area contributed by atoms with Crippen LogP contribution < -0.4 is 5.43 Å². The highest BCUT2D eigenvalue weighted by molar-refractivity contribution is 5.81. The molecular weight excluding hydrogens is 337 g/mol. The van der Waals surface area contributed by atoms with Gasteiger partial charge in [-0.15, -0.1) is 0 Å². The number of alkyl halides is 2. The maximum atomic E-state index is 13.8. The molecule has 10 heteroatoms. The first-order chi connectivity index (χ1) is 12.0. The number of halogens is 3. The second kappa shape index (κ2) is 6.75. The quantitative estimate of drug-likeness (QED) is 0.564. The fourth-order valence-corrected chi connectivity index (χ4v) is 2.13. The minimum absolute atomic E-state index is 0.164. The number of aromatic nitrogens is 4. The molecule has 0 saturated heterocycles. The Morgan fingerprint density at radius 1 is 1.36 bits per heavy atom. The second-order valence-corrected chi connectivity index (χ2v) is 5.06. The van der Waals surface area contributed by atoms with Gasteiger partial charge in [0.2, 0.25) is 11.9 Å². The summed E-state index contributed by atoms with van der Waals surface area (Å²) in [6.45, 7) is 1.62. The molecule has 0 unspecified atom stereocenters. The highest BCUT2D eigenvalue weighted by Crippen LogP contribution is 2.24. The van der Waals surface area contributed by atoms with Crippen LogP contribution in [0.2, 0.25) is 0 Å². The Morgan fingerprint density at radius 3 is 2.76 bits per heavy atom. The molecule has 0 spiro atoms. The third kappa shape index (κ3) is 3.52. The van der Waals surface area contributed by atoms with Gasteiger partial charge < -0.3 is 4.42 Å². The first kappa shape index (κ1) is 16.7. The molecule has 3 heterocycles. The fraction of sp³-hybridized carbons (Fsp3) is 0.200. The average Bonchev–Trinajstić information content (AvgIpc) is 3.19. The van der Waals surface area contributed by atoms with E-state index in [1.165, 1.54) is 19.5 Å². The van der Waals surface area contributed by atoms with Gasteiger partial charge in [-0.25, -0.2) is 28.9 Å². The highest BCUT2D eigenvalue weighted by atomic mass is 19.3. The van der Waals surface area contributed by atoms with E-state index < -0.39 is 18.1 Å².